The van der Waals surface area contributed by atoms with E-state index in [2.05, 4.69) is 9.71 Å². The number of carbonyl (C=O) groups excluding carboxylic acids is 1. The lowest BCUT2D eigenvalue weighted by atomic mass is 10.2. The molecule has 1 saturated heterocycles. The van der Waals surface area contributed by atoms with E-state index in [-0.39, 0.29) is 17.3 Å². The van der Waals surface area contributed by atoms with E-state index in [0.717, 1.165) is 5.56 Å². The number of benzene rings is 1. The summed E-state index contributed by atoms with van der Waals surface area (Å²) < 4.78 is 35.8. The number of nitrogens with one attached hydrogen (secondary N) is 1. The maximum atomic E-state index is 13.0. The SMILES string of the molecule is Cc1nc(-c2cc(S(=O)(=O)NCc3ccccc3)c(C)n2C)sc1C(=O)N1CCOCC1. The summed E-state index contributed by atoms with van der Waals surface area (Å²) in [5, 5.41) is 0.620. The van der Waals surface area contributed by atoms with Gasteiger partial charge in [-0.1, -0.05) is 30.3 Å². The van der Waals surface area contributed by atoms with E-state index in [1.807, 2.05) is 37.3 Å². The van der Waals surface area contributed by atoms with Crippen molar-refractivity contribution < 1.29 is 17.9 Å². The lowest BCUT2D eigenvalue weighted by Gasteiger charge is -2.26. The zero-order valence-corrected chi connectivity index (χ0v) is 19.9. The Morgan fingerprint density at radius 1 is 1.19 bits per heavy atom. The number of aryl methyl sites for hydroxylation is 1. The first-order valence-electron chi connectivity index (χ1n) is 10.3. The van der Waals surface area contributed by atoms with Gasteiger partial charge in [0.05, 0.1) is 24.6 Å². The van der Waals surface area contributed by atoms with Gasteiger partial charge in [-0.25, -0.2) is 18.1 Å². The van der Waals surface area contributed by atoms with E-state index < -0.39 is 10.0 Å². The minimum absolute atomic E-state index is 0.0575. The first kappa shape index (κ1) is 22.7. The van der Waals surface area contributed by atoms with Crippen molar-refractivity contribution in [2.24, 2.45) is 7.05 Å². The third-order valence-electron chi connectivity index (χ3n) is 5.60. The molecule has 3 heterocycles. The molecule has 0 radical (unpaired) electrons. The average Bonchev–Trinajstić information content (AvgIpc) is 3.33. The van der Waals surface area contributed by atoms with Crippen molar-refractivity contribution in [1.82, 2.24) is 19.2 Å². The third kappa shape index (κ3) is 4.49. The Morgan fingerprint density at radius 3 is 2.56 bits per heavy atom. The number of morpholine rings is 1. The summed E-state index contributed by atoms with van der Waals surface area (Å²) in [6, 6.07) is 11.0. The van der Waals surface area contributed by atoms with Gasteiger partial charge in [0.2, 0.25) is 10.0 Å². The van der Waals surface area contributed by atoms with Crippen LogP contribution < -0.4 is 4.72 Å². The molecule has 1 N–H and O–H groups in total. The predicted octanol–water partition coefficient (Wildman–Crippen LogP) is 2.72. The molecule has 0 spiro atoms. The number of nitrogens with zero attached hydrogens (tertiary/aromatic N) is 3. The number of aromatic nitrogens is 2. The van der Waals surface area contributed by atoms with Gasteiger partial charge in [0, 0.05) is 32.4 Å². The molecule has 0 aliphatic carbocycles. The van der Waals surface area contributed by atoms with Gasteiger partial charge in [0.1, 0.15) is 14.8 Å². The maximum absolute atomic E-state index is 13.0. The molecule has 32 heavy (non-hydrogen) atoms. The van der Waals surface area contributed by atoms with Crippen molar-refractivity contribution in [1.29, 1.82) is 0 Å². The lowest BCUT2D eigenvalue weighted by Crippen LogP contribution is -2.40. The summed E-state index contributed by atoms with van der Waals surface area (Å²) in [4.78, 5) is 20.1. The molecule has 0 bridgehead atoms. The highest BCUT2D eigenvalue weighted by Crippen LogP contribution is 2.33. The summed E-state index contributed by atoms with van der Waals surface area (Å²) >= 11 is 1.29. The number of carbonyl (C=O) groups is 1. The van der Waals surface area contributed by atoms with Crippen LogP contribution in [-0.4, -0.2) is 55.1 Å². The fourth-order valence-electron chi connectivity index (χ4n) is 3.62. The molecule has 1 amide bonds. The molecule has 2 aromatic heterocycles. The van der Waals surface area contributed by atoms with Crippen molar-refractivity contribution >= 4 is 27.3 Å². The highest BCUT2D eigenvalue weighted by Gasteiger charge is 2.27. The van der Waals surface area contributed by atoms with Crippen molar-refractivity contribution in [2.45, 2.75) is 25.3 Å². The molecule has 1 aliphatic rings. The second kappa shape index (κ2) is 9.14. The number of thiazole rings is 1. The molecule has 170 valence electrons. The van der Waals surface area contributed by atoms with E-state index in [1.165, 1.54) is 11.3 Å². The number of amides is 1. The minimum atomic E-state index is -3.72. The number of ether oxygens (including phenoxy) is 1. The van der Waals surface area contributed by atoms with Crippen molar-refractivity contribution in [3.05, 3.63) is 58.2 Å². The minimum Gasteiger partial charge on any atom is -0.378 e. The van der Waals surface area contributed by atoms with Gasteiger partial charge in [-0.3, -0.25) is 4.79 Å². The first-order chi connectivity index (χ1) is 15.3. The van der Waals surface area contributed by atoms with E-state index in [9.17, 15) is 13.2 Å². The zero-order valence-electron chi connectivity index (χ0n) is 18.3. The quantitative estimate of drug-likeness (QED) is 0.593. The Kier molecular flexibility index (Phi) is 6.47. The van der Waals surface area contributed by atoms with Gasteiger partial charge < -0.3 is 14.2 Å². The number of hydrogen-bond donors (Lipinski definition) is 1. The van der Waals surface area contributed by atoms with Gasteiger partial charge >= 0.3 is 0 Å². The van der Waals surface area contributed by atoms with Crippen LogP contribution in [0.4, 0.5) is 0 Å². The largest absolute Gasteiger partial charge is 0.378 e. The monoisotopic (exact) mass is 474 g/mol. The number of hydrogen-bond acceptors (Lipinski definition) is 6. The standard InChI is InChI=1S/C22H26N4O4S2/c1-15-20(22(27)26-9-11-30-12-10-26)31-21(24-15)18-13-19(16(2)25(18)3)32(28,29)23-14-17-7-5-4-6-8-17/h4-8,13,23H,9-12,14H2,1-3H3. The van der Waals surface area contributed by atoms with Crippen LogP contribution in [-0.2, 0) is 28.4 Å². The molecule has 0 atom stereocenters. The fraction of sp³-hybridized carbons (Fsp3) is 0.364. The van der Waals surface area contributed by atoms with Crippen molar-refractivity contribution in [3.8, 4) is 10.7 Å². The summed E-state index contributed by atoms with van der Waals surface area (Å²) in [7, 11) is -1.91. The first-order valence-corrected chi connectivity index (χ1v) is 12.6. The topological polar surface area (TPSA) is 93.5 Å². The Morgan fingerprint density at radius 2 is 1.88 bits per heavy atom. The molecule has 0 saturated carbocycles. The molecule has 4 rings (SSSR count). The van der Waals surface area contributed by atoms with Crippen molar-refractivity contribution in [3.63, 3.8) is 0 Å². The van der Waals surface area contributed by atoms with Gasteiger partial charge in [-0.05, 0) is 25.5 Å². The third-order valence-corrected chi connectivity index (χ3v) is 8.28. The van der Waals surface area contributed by atoms with E-state index in [0.29, 0.717) is 53.3 Å². The van der Waals surface area contributed by atoms with Crippen LogP contribution in [0.3, 0.4) is 0 Å². The molecule has 8 nitrogen and oxygen atoms in total. The summed E-state index contributed by atoms with van der Waals surface area (Å²) in [5.41, 5.74) is 2.80. The summed E-state index contributed by atoms with van der Waals surface area (Å²) in [6.45, 7) is 5.97. The second-order valence-corrected chi connectivity index (χ2v) is 10.4. The summed E-state index contributed by atoms with van der Waals surface area (Å²) in [6.07, 6.45) is 0. The van der Waals surface area contributed by atoms with Gasteiger partial charge in [-0.2, -0.15) is 0 Å². The van der Waals surface area contributed by atoms with E-state index in [4.69, 9.17) is 4.74 Å². The summed E-state index contributed by atoms with van der Waals surface area (Å²) in [5.74, 6) is -0.0575. The fourth-order valence-corrected chi connectivity index (χ4v) is 6.01. The predicted molar refractivity (Wildman–Crippen MR) is 123 cm³/mol. The molecular formula is C22H26N4O4S2. The smallest absolute Gasteiger partial charge is 0.266 e. The Hall–Kier alpha value is -2.53. The Labute approximate surface area is 191 Å². The number of rotatable bonds is 6. The normalized spacial score (nSPS) is 14.7. The van der Waals surface area contributed by atoms with Crippen LogP contribution in [0.15, 0.2) is 41.3 Å². The van der Waals surface area contributed by atoms with Gasteiger partial charge in [0.25, 0.3) is 5.91 Å². The van der Waals surface area contributed by atoms with E-state index >= 15 is 0 Å². The van der Waals surface area contributed by atoms with Crippen molar-refractivity contribution in [2.75, 3.05) is 26.3 Å². The van der Waals surface area contributed by atoms with Crippen LogP contribution in [0, 0.1) is 13.8 Å². The second-order valence-electron chi connectivity index (χ2n) is 7.69. The highest BCUT2D eigenvalue weighted by molar-refractivity contribution is 7.89. The molecule has 1 aromatic carbocycles. The Balaban J connectivity index is 1.60. The molecule has 0 unspecified atom stereocenters. The molecule has 10 heteroatoms. The number of sulfonamides is 1. The average molecular weight is 475 g/mol. The molecule has 3 aromatic rings. The van der Waals surface area contributed by atoms with Gasteiger partial charge in [-0.15, -0.1) is 11.3 Å². The van der Waals surface area contributed by atoms with Crippen LogP contribution in [0.1, 0.15) is 26.6 Å². The maximum Gasteiger partial charge on any atom is 0.266 e. The van der Waals surface area contributed by atoms with Gasteiger partial charge in [0.15, 0.2) is 0 Å². The Bertz CT molecular complexity index is 1230. The van der Waals surface area contributed by atoms with Crippen LogP contribution in [0.25, 0.3) is 10.7 Å². The van der Waals surface area contributed by atoms with E-state index in [1.54, 1.807) is 29.5 Å². The molecule has 1 fully saturated rings. The molecule has 1 aliphatic heterocycles. The highest BCUT2D eigenvalue weighted by atomic mass is 32.2. The van der Waals surface area contributed by atoms with Crippen LogP contribution in [0.2, 0.25) is 0 Å². The molecular weight excluding hydrogens is 448 g/mol. The lowest BCUT2D eigenvalue weighted by molar-refractivity contribution is 0.0305. The zero-order chi connectivity index (χ0) is 22.9. The van der Waals surface area contributed by atoms with Crippen LogP contribution in [0.5, 0.6) is 0 Å². The van der Waals surface area contributed by atoms with Crippen LogP contribution >= 0.6 is 11.3 Å².